The maximum Gasteiger partial charge on any atom is 0.339 e. The first kappa shape index (κ1) is 21.8. The average Bonchev–Trinajstić information content (AvgIpc) is 3.22. The normalized spacial score (nSPS) is 10.7. The van der Waals surface area contributed by atoms with Gasteiger partial charge in [0.2, 0.25) is 5.91 Å². The zero-order chi connectivity index (χ0) is 22.4. The standard InChI is InChI=1S/C22H18ClN3O5/c1-13(27)25-16-6-3-14(4-7-16)21(28)26-24-12-17-8-10-20(31-17)15-5-9-19(23)18(11-15)22(29)30-2/h3-12H,1-2H3,(H,25,27)(H,26,28). The molecular weight excluding hydrogens is 422 g/mol. The lowest BCUT2D eigenvalue weighted by molar-refractivity contribution is -0.114. The minimum Gasteiger partial charge on any atom is -0.465 e. The first-order valence-electron chi connectivity index (χ1n) is 9.06. The van der Waals surface area contributed by atoms with Crippen LogP contribution in [-0.4, -0.2) is 31.1 Å². The Morgan fingerprint density at radius 2 is 1.81 bits per heavy atom. The number of benzene rings is 2. The smallest absolute Gasteiger partial charge is 0.339 e. The minimum absolute atomic E-state index is 0.195. The third-order valence-electron chi connectivity index (χ3n) is 4.11. The molecule has 2 aromatic carbocycles. The van der Waals surface area contributed by atoms with Crippen LogP contribution in [0, 0.1) is 0 Å². The van der Waals surface area contributed by atoms with Gasteiger partial charge in [-0.1, -0.05) is 11.6 Å². The van der Waals surface area contributed by atoms with Crippen molar-refractivity contribution in [3.05, 3.63) is 76.5 Å². The predicted octanol–water partition coefficient (Wildman–Crippen LogP) is 4.11. The molecule has 9 heteroatoms. The summed E-state index contributed by atoms with van der Waals surface area (Å²) in [6, 6.07) is 14.6. The zero-order valence-corrected chi connectivity index (χ0v) is 17.4. The van der Waals surface area contributed by atoms with Crippen molar-refractivity contribution >= 4 is 41.3 Å². The summed E-state index contributed by atoms with van der Waals surface area (Å²) < 4.78 is 10.4. The highest BCUT2D eigenvalue weighted by Crippen LogP contribution is 2.27. The van der Waals surface area contributed by atoms with Crippen molar-refractivity contribution in [3.8, 4) is 11.3 Å². The number of halogens is 1. The maximum atomic E-state index is 12.2. The van der Waals surface area contributed by atoms with Crippen molar-refractivity contribution < 1.29 is 23.5 Å². The van der Waals surface area contributed by atoms with E-state index in [4.69, 9.17) is 20.8 Å². The number of hydrogen-bond donors (Lipinski definition) is 2. The largest absolute Gasteiger partial charge is 0.465 e. The fourth-order valence-corrected chi connectivity index (χ4v) is 2.84. The van der Waals surface area contributed by atoms with Gasteiger partial charge in [-0.3, -0.25) is 9.59 Å². The van der Waals surface area contributed by atoms with Crippen molar-refractivity contribution in [3.63, 3.8) is 0 Å². The van der Waals surface area contributed by atoms with E-state index in [-0.39, 0.29) is 16.5 Å². The zero-order valence-electron chi connectivity index (χ0n) is 16.6. The molecule has 2 amide bonds. The van der Waals surface area contributed by atoms with Gasteiger partial charge in [0, 0.05) is 23.7 Å². The summed E-state index contributed by atoms with van der Waals surface area (Å²) in [5.74, 6) is -0.278. The van der Waals surface area contributed by atoms with Crippen LogP contribution in [0.25, 0.3) is 11.3 Å². The molecule has 3 aromatic rings. The van der Waals surface area contributed by atoms with Crippen LogP contribution in [0.3, 0.4) is 0 Å². The number of furan rings is 1. The van der Waals surface area contributed by atoms with Crippen LogP contribution in [0.4, 0.5) is 5.69 Å². The molecule has 0 aliphatic heterocycles. The molecule has 0 aliphatic carbocycles. The summed E-state index contributed by atoms with van der Waals surface area (Å²) in [7, 11) is 1.28. The number of nitrogens with zero attached hydrogens (tertiary/aromatic N) is 1. The molecule has 0 fully saturated rings. The van der Waals surface area contributed by atoms with Gasteiger partial charge in [0.1, 0.15) is 11.5 Å². The molecule has 0 aliphatic rings. The second-order valence-corrected chi connectivity index (χ2v) is 6.75. The monoisotopic (exact) mass is 439 g/mol. The highest BCUT2D eigenvalue weighted by atomic mass is 35.5. The second kappa shape index (κ2) is 9.73. The Balaban J connectivity index is 1.65. The van der Waals surface area contributed by atoms with E-state index in [1.165, 1.54) is 20.2 Å². The summed E-state index contributed by atoms with van der Waals surface area (Å²) >= 11 is 6.03. The number of hydrogen-bond acceptors (Lipinski definition) is 6. The SMILES string of the molecule is COC(=O)c1cc(-c2ccc(C=NNC(=O)c3ccc(NC(C)=O)cc3)o2)ccc1Cl. The molecule has 31 heavy (non-hydrogen) atoms. The molecule has 3 rings (SSSR count). The summed E-state index contributed by atoms with van der Waals surface area (Å²) in [6.45, 7) is 1.40. The average molecular weight is 440 g/mol. The van der Waals surface area contributed by atoms with E-state index in [0.717, 1.165) is 0 Å². The summed E-state index contributed by atoms with van der Waals surface area (Å²) in [6.07, 6.45) is 1.35. The van der Waals surface area contributed by atoms with E-state index < -0.39 is 11.9 Å². The van der Waals surface area contributed by atoms with Crippen molar-refractivity contribution in [1.82, 2.24) is 5.43 Å². The Hall–Kier alpha value is -3.91. The number of amides is 2. The summed E-state index contributed by atoms with van der Waals surface area (Å²) in [5, 5.41) is 6.78. The van der Waals surface area contributed by atoms with Crippen molar-refractivity contribution in [1.29, 1.82) is 0 Å². The Kier molecular flexibility index (Phi) is 6.84. The van der Waals surface area contributed by atoms with E-state index in [2.05, 4.69) is 15.8 Å². The molecule has 0 atom stereocenters. The van der Waals surface area contributed by atoms with Crippen LogP contribution in [0.15, 0.2) is 64.1 Å². The van der Waals surface area contributed by atoms with Gasteiger partial charge < -0.3 is 14.5 Å². The third kappa shape index (κ3) is 5.58. The van der Waals surface area contributed by atoms with Crippen molar-refractivity contribution in [2.75, 3.05) is 12.4 Å². The van der Waals surface area contributed by atoms with Crippen LogP contribution in [0.1, 0.15) is 33.4 Å². The molecule has 0 radical (unpaired) electrons. The number of ether oxygens (including phenoxy) is 1. The van der Waals surface area contributed by atoms with Crippen molar-refractivity contribution in [2.45, 2.75) is 6.92 Å². The quantitative estimate of drug-likeness (QED) is 0.341. The fraction of sp³-hybridized carbons (Fsp3) is 0.0909. The fourth-order valence-electron chi connectivity index (χ4n) is 2.65. The van der Waals surface area contributed by atoms with E-state index in [0.29, 0.717) is 28.3 Å². The van der Waals surface area contributed by atoms with Gasteiger partial charge >= 0.3 is 5.97 Å². The number of methoxy groups -OCH3 is 1. The molecule has 0 spiro atoms. The molecule has 8 nitrogen and oxygen atoms in total. The van der Waals surface area contributed by atoms with Crippen LogP contribution < -0.4 is 10.7 Å². The van der Waals surface area contributed by atoms with Gasteiger partial charge in [0.25, 0.3) is 5.91 Å². The minimum atomic E-state index is -0.548. The van der Waals surface area contributed by atoms with Crippen LogP contribution >= 0.6 is 11.6 Å². The third-order valence-corrected chi connectivity index (χ3v) is 4.44. The Morgan fingerprint density at radius 3 is 2.48 bits per heavy atom. The molecule has 1 aromatic heterocycles. The lowest BCUT2D eigenvalue weighted by Gasteiger charge is -2.04. The van der Waals surface area contributed by atoms with E-state index >= 15 is 0 Å². The Morgan fingerprint density at radius 1 is 1.06 bits per heavy atom. The lowest BCUT2D eigenvalue weighted by atomic mass is 10.1. The lowest BCUT2D eigenvalue weighted by Crippen LogP contribution is -2.17. The number of hydrazone groups is 1. The molecule has 0 unspecified atom stereocenters. The first-order chi connectivity index (χ1) is 14.9. The highest BCUT2D eigenvalue weighted by molar-refractivity contribution is 6.33. The predicted molar refractivity (Wildman–Crippen MR) is 116 cm³/mol. The van der Waals surface area contributed by atoms with Gasteiger partial charge in [-0.2, -0.15) is 5.10 Å². The van der Waals surface area contributed by atoms with Crippen LogP contribution in [0.5, 0.6) is 0 Å². The summed E-state index contributed by atoms with van der Waals surface area (Å²) in [4.78, 5) is 35.0. The molecule has 0 bridgehead atoms. The van der Waals surface area contributed by atoms with E-state index in [1.54, 1.807) is 54.6 Å². The number of carbonyl (C=O) groups is 3. The second-order valence-electron chi connectivity index (χ2n) is 6.35. The molecule has 0 saturated carbocycles. The van der Waals surface area contributed by atoms with Gasteiger partial charge in [0.15, 0.2) is 0 Å². The van der Waals surface area contributed by atoms with Crippen LogP contribution in [0.2, 0.25) is 5.02 Å². The number of rotatable bonds is 6. The number of carbonyl (C=O) groups excluding carboxylic acids is 3. The summed E-state index contributed by atoms with van der Waals surface area (Å²) in [5.41, 5.74) is 4.23. The highest BCUT2D eigenvalue weighted by Gasteiger charge is 2.13. The van der Waals surface area contributed by atoms with E-state index in [9.17, 15) is 14.4 Å². The number of nitrogens with one attached hydrogen (secondary N) is 2. The van der Waals surface area contributed by atoms with E-state index in [1.807, 2.05) is 0 Å². The molecule has 158 valence electrons. The van der Waals surface area contributed by atoms with Crippen LogP contribution in [-0.2, 0) is 9.53 Å². The first-order valence-corrected chi connectivity index (χ1v) is 9.44. The molecular formula is C22H18ClN3O5. The maximum absolute atomic E-state index is 12.2. The number of esters is 1. The van der Waals surface area contributed by atoms with Gasteiger partial charge in [0.05, 0.1) is 23.9 Å². The molecule has 2 N–H and O–H groups in total. The molecule has 1 heterocycles. The van der Waals surface area contributed by atoms with Crippen molar-refractivity contribution in [2.24, 2.45) is 5.10 Å². The Bertz CT molecular complexity index is 1150. The Labute approximate surface area is 182 Å². The van der Waals surface area contributed by atoms with Gasteiger partial charge in [-0.15, -0.1) is 0 Å². The topological polar surface area (TPSA) is 110 Å². The van der Waals surface area contributed by atoms with Gasteiger partial charge in [-0.25, -0.2) is 10.2 Å². The number of anilines is 1. The molecule has 0 saturated heterocycles. The van der Waals surface area contributed by atoms with Gasteiger partial charge in [-0.05, 0) is 54.6 Å².